The average molecular weight is 318 g/mol. The highest BCUT2D eigenvalue weighted by atomic mass is 16.1. The summed E-state index contributed by atoms with van der Waals surface area (Å²) in [6, 6.07) is 15.3. The van der Waals surface area contributed by atoms with Crippen LogP contribution >= 0.6 is 0 Å². The minimum absolute atomic E-state index is 0.00584. The SMILES string of the molecule is O=C(CCc1cccnc1)Nc1ccc(Nc2ccncc2)cc1. The van der Waals surface area contributed by atoms with Gasteiger partial charge in [-0.25, -0.2) is 0 Å². The number of benzene rings is 1. The Kier molecular flexibility index (Phi) is 5.14. The van der Waals surface area contributed by atoms with E-state index in [1.165, 1.54) is 0 Å². The van der Waals surface area contributed by atoms with E-state index in [0.717, 1.165) is 22.6 Å². The normalized spacial score (nSPS) is 10.2. The number of aromatic nitrogens is 2. The molecule has 2 heterocycles. The van der Waals surface area contributed by atoms with E-state index in [9.17, 15) is 4.79 Å². The summed E-state index contributed by atoms with van der Waals surface area (Å²) in [4.78, 5) is 20.0. The van der Waals surface area contributed by atoms with Crippen molar-refractivity contribution in [1.82, 2.24) is 9.97 Å². The number of pyridine rings is 2. The zero-order chi connectivity index (χ0) is 16.6. The second-order valence-electron chi connectivity index (χ2n) is 5.35. The highest BCUT2D eigenvalue weighted by Crippen LogP contribution is 2.18. The first-order chi connectivity index (χ1) is 11.8. The van der Waals surface area contributed by atoms with Crippen LogP contribution in [0.15, 0.2) is 73.3 Å². The van der Waals surface area contributed by atoms with Gasteiger partial charge in [0.2, 0.25) is 5.91 Å². The number of nitrogens with zero attached hydrogens (tertiary/aromatic N) is 2. The molecule has 0 bridgehead atoms. The van der Waals surface area contributed by atoms with Crippen LogP contribution in [0.25, 0.3) is 0 Å². The number of carbonyl (C=O) groups excluding carboxylic acids is 1. The Labute approximate surface area is 140 Å². The minimum atomic E-state index is -0.00584. The van der Waals surface area contributed by atoms with E-state index < -0.39 is 0 Å². The number of nitrogens with one attached hydrogen (secondary N) is 2. The van der Waals surface area contributed by atoms with Crippen LogP contribution in [0.2, 0.25) is 0 Å². The summed E-state index contributed by atoms with van der Waals surface area (Å²) >= 11 is 0. The van der Waals surface area contributed by atoms with Gasteiger partial charge in [0, 0.05) is 48.3 Å². The first-order valence-corrected chi connectivity index (χ1v) is 7.75. The molecule has 0 atom stereocenters. The Hall–Kier alpha value is -3.21. The second kappa shape index (κ2) is 7.87. The summed E-state index contributed by atoms with van der Waals surface area (Å²) in [5.41, 5.74) is 3.77. The molecule has 1 amide bonds. The minimum Gasteiger partial charge on any atom is -0.355 e. The molecule has 0 aliphatic heterocycles. The average Bonchev–Trinajstić information content (AvgIpc) is 2.63. The molecule has 2 N–H and O–H groups in total. The number of aryl methyl sites for hydroxylation is 1. The molecule has 0 aliphatic carbocycles. The van der Waals surface area contributed by atoms with Crippen molar-refractivity contribution < 1.29 is 4.79 Å². The fraction of sp³-hybridized carbons (Fsp3) is 0.105. The van der Waals surface area contributed by atoms with Gasteiger partial charge in [-0.1, -0.05) is 6.07 Å². The lowest BCUT2D eigenvalue weighted by Crippen LogP contribution is -2.12. The third-order valence-corrected chi connectivity index (χ3v) is 3.50. The third kappa shape index (κ3) is 4.64. The van der Waals surface area contributed by atoms with Crippen LogP contribution in [0.5, 0.6) is 0 Å². The van der Waals surface area contributed by atoms with Gasteiger partial charge in [0.05, 0.1) is 0 Å². The molecule has 5 heteroatoms. The fourth-order valence-corrected chi connectivity index (χ4v) is 2.27. The Morgan fingerprint density at radius 3 is 2.25 bits per heavy atom. The quantitative estimate of drug-likeness (QED) is 0.725. The molecule has 0 aliphatic rings. The molecule has 0 unspecified atom stereocenters. The van der Waals surface area contributed by atoms with Crippen LogP contribution in [0.3, 0.4) is 0 Å². The second-order valence-corrected chi connectivity index (χ2v) is 5.35. The van der Waals surface area contributed by atoms with Crippen molar-refractivity contribution in [2.75, 3.05) is 10.6 Å². The maximum absolute atomic E-state index is 12.0. The zero-order valence-electron chi connectivity index (χ0n) is 13.1. The molecule has 0 spiro atoms. The van der Waals surface area contributed by atoms with Gasteiger partial charge in [-0.3, -0.25) is 14.8 Å². The van der Waals surface area contributed by atoms with E-state index in [0.29, 0.717) is 12.8 Å². The fourth-order valence-electron chi connectivity index (χ4n) is 2.27. The lowest BCUT2D eigenvalue weighted by atomic mass is 10.1. The number of carbonyl (C=O) groups is 1. The Morgan fingerprint density at radius 2 is 1.54 bits per heavy atom. The van der Waals surface area contributed by atoms with Crippen molar-refractivity contribution in [3.05, 3.63) is 78.9 Å². The van der Waals surface area contributed by atoms with E-state index >= 15 is 0 Å². The Balaban J connectivity index is 1.51. The Morgan fingerprint density at radius 1 is 0.833 bits per heavy atom. The monoisotopic (exact) mass is 318 g/mol. The predicted molar refractivity (Wildman–Crippen MR) is 95.1 cm³/mol. The number of rotatable bonds is 6. The molecule has 2 aromatic heterocycles. The molecule has 0 radical (unpaired) electrons. The van der Waals surface area contributed by atoms with E-state index in [1.54, 1.807) is 24.8 Å². The first kappa shape index (κ1) is 15.7. The van der Waals surface area contributed by atoms with Crippen LogP contribution in [0.4, 0.5) is 17.1 Å². The van der Waals surface area contributed by atoms with Crippen LogP contribution in [-0.4, -0.2) is 15.9 Å². The van der Waals surface area contributed by atoms with Crippen LogP contribution in [0, 0.1) is 0 Å². The summed E-state index contributed by atoms with van der Waals surface area (Å²) in [5, 5.41) is 6.18. The molecule has 3 rings (SSSR count). The van der Waals surface area contributed by atoms with Gasteiger partial charge >= 0.3 is 0 Å². The number of hydrogen-bond acceptors (Lipinski definition) is 4. The van der Waals surface area contributed by atoms with Gasteiger partial charge in [-0.05, 0) is 54.4 Å². The summed E-state index contributed by atoms with van der Waals surface area (Å²) in [6.45, 7) is 0. The van der Waals surface area contributed by atoms with E-state index in [-0.39, 0.29) is 5.91 Å². The standard InChI is InChI=1S/C19H18N4O/c24-19(8-3-15-2-1-11-21-14-15)23-17-6-4-16(5-7-17)22-18-9-12-20-13-10-18/h1-2,4-7,9-14H,3,8H2,(H,20,22)(H,23,24). The largest absolute Gasteiger partial charge is 0.355 e. The molecule has 0 saturated carbocycles. The highest BCUT2D eigenvalue weighted by Gasteiger charge is 2.03. The topological polar surface area (TPSA) is 66.9 Å². The van der Waals surface area contributed by atoms with Crippen molar-refractivity contribution in [2.24, 2.45) is 0 Å². The molecule has 0 fully saturated rings. The maximum atomic E-state index is 12.0. The molecule has 5 nitrogen and oxygen atoms in total. The van der Waals surface area contributed by atoms with E-state index in [1.807, 2.05) is 48.5 Å². The van der Waals surface area contributed by atoms with Crippen molar-refractivity contribution in [3.8, 4) is 0 Å². The summed E-state index contributed by atoms with van der Waals surface area (Å²) in [5.74, 6) is -0.00584. The molecule has 24 heavy (non-hydrogen) atoms. The van der Waals surface area contributed by atoms with Crippen molar-refractivity contribution in [3.63, 3.8) is 0 Å². The smallest absolute Gasteiger partial charge is 0.224 e. The number of amides is 1. The lowest BCUT2D eigenvalue weighted by Gasteiger charge is -2.08. The van der Waals surface area contributed by atoms with Crippen molar-refractivity contribution >= 4 is 23.0 Å². The van der Waals surface area contributed by atoms with E-state index in [2.05, 4.69) is 20.6 Å². The van der Waals surface area contributed by atoms with Gasteiger partial charge < -0.3 is 10.6 Å². The molecular weight excluding hydrogens is 300 g/mol. The molecular formula is C19H18N4O. The van der Waals surface area contributed by atoms with Gasteiger partial charge in [0.1, 0.15) is 0 Å². The highest BCUT2D eigenvalue weighted by molar-refractivity contribution is 5.91. The summed E-state index contributed by atoms with van der Waals surface area (Å²) in [7, 11) is 0. The number of hydrogen-bond donors (Lipinski definition) is 2. The molecule has 1 aromatic carbocycles. The van der Waals surface area contributed by atoms with Crippen molar-refractivity contribution in [2.45, 2.75) is 12.8 Å². The lowest BCUT2D eigenvalue weighted by molar-refractivity contribution is -0.116. The first-order valence-electron chi connectivity index (χ1n) is 7.75. The summed E-state index contributed by atoms with van der Waals surface area (Å²) < 4.78 is 0. The maximum Gasteiger partial charge on any atom is 0.224 e. The van der Waals surface area contributed by atoms with E-state index in [4.69, 9.17) is 0 Å². The molecule has 3 aromatic rings. The Bertz CT molecular complexity index is 773. The number of anilines is 3. The van der Waals surface area contributed by atoms with Gasteiger partial charge in [0.15, 0.2) is 0 Å². The van der Waals surface area contributed by atoms with Crippen LogP contribution in [-0.2, 0) is 11.2 Å². The molecule has 0 saturated heterocycles. The van der Waals surface area contributed by atoms with Crippen LogP contribution < -0.4 is 10.6 Å². The van der Waals surface area contributed by atoms with Crippen LogP contribution in [0.1, 0.15) is 12.0 Å². The third-order valence-electron chi connectivity index (χ3n) is 3.50. The zero-order valence-corrected chi connectivity index (χ0v) is 13.1. The van der Waals surface area contributed by atoms with Crippen molar-refractivity contribution in [1.29, 1.82) is 0 Å². The van der Waals surface area contributed by atoms with Gasteiger partial charge in [-0.2, -0.15) is 0 Å². The van der Waals surface area contributed by atoms with Gasteiger partial charge in [-0.15, -0.1) is 0 Å². The van der Waals surface area contributed by atoms with Gasteiger partial charge in [0.25, 0.3) is 0 Å². The molecule has 120 valence electrons. The summed E-state index contributed by atoms with van der Waals surface area (Å²) in [6.07, 6.45) is 8.10. The predicted octanol–water partition coefficient (Wildman–Crippen LogP) is 3.79.